The minimum Gasteiger partial charge on any atom is -0.378 e. The first-order chi connectivity index (χ1) is 10.6. The number of hydrogen-bond acceptors (Lipinski definition) is 4. The fourth-order valence-corrected chi connectivity index (χ4v) is 2.38. The van der Waals surface area contributed by atoms with Crippen LogP contribution in [0.3, 0.4) is 0 Å². The first kappa shape index (κ1) is 16.9. The molecule has 1 saturated heterocycles. The molecule has 0 radical (unpaired) electrons. The van der Waals surface area contributed by atoms with E-state index in [1.54, 1.807) is 0 Å². The molecule has 7 heteroatoms. The van der Waals surface area contributed by atoms with Crippen LogP contribution < -0.4 is 16.0 Å². The van der Waals surface area contributed by atoms with E-state index in [0.717, 1.165) is 16.7 Å². The maximum atomic E-state index is 11.8. The predicted molar refractivity (Wildman–Crippen MR) is 87.6 cm³/mol. The average Bonchev–Trinajstić information content (AvgIpc) is 2.50. The van der Waals surface area contributed by atoms with E-state index in [1.165, 1.54) is 0 Å². The molecule has 1 aliphatic heterocycles. The number of carbonyl (C=O) groups is 2. The van der Waals surface area contributed by atoms with Crippen molar-refractivity contribution in [1.29, 1.82) is 0 Å². The van der Waals surface area contributed by atoms with Gasteiger partial charge in [0.2, 0.25) is 11.8 Å². The predicted octanol–water partition coefficient (Wildman–Crippen LogP) is 1.27. The van der Waals surface area contributed by atoms with E-state index >= 15 is 0 Å². The highest BCUT2D eigenvalue weighted by Gasteiger charge is 2.16. The van der Waals surface area contributed by atoms with Gasteiger partial charge in [-0.1, -0.05) is 15.9 Å². The van der Waals surface area contributed by atoms with Gasteiger partial charge in [-0.15, -0.1) is 0 Å². The molecule has 1 atom stereocenters. The molecule has 1 heterocycles. The molecule has 2 amide bonds. The Balaban J connectivity index is 1.61. The van der Waals surface area contributed by atoms with Crippen LogP contribution in [0.4, 0.5) is 5.69 Å². The van der Waals surface area contributed by atoms with E-state index in [4.69, 9.17) is 4.74 Å². The van der Waals surface area contributed by atoms with Gasteiger partial charge >= 0.3 is 0 Å². The third kappa shape index (κ3) is 6.13. The molecule has 22 heavy (non-hydrogen) atoms. The normalized spacial score (nSPS) is 17.8. The molecule has 0 bridgehead atoms. The van der Waals surface area contributed by atoms with E-state index in [-0.39, 0.29) is 24.3 Å². The monoisotopic (exact) mass is 369 g/mol. The molecule has 0 aromatic heterocycles. The number of halogens is 1. The largest absolute Gasteiger partial charge is 0.378 e. The Labute approximate surface area is 138 Å². The Hall–Kier alpha value is -1.44. The lowest BCUT2D eigenvalue weighted by Crippen LogP contribution is -2.44. The van der Waals surface area contributed by atoms with Crippen LogP contribution in [0.2, 0.25) is 0 Å². The van der Waals surface area contributed by atoms with E-state index in [2.05, 4.69) is 31.9 Å². The average molecular weight is 370 g/mol. The van der Waals surface area contributed by atoms with E-state index in [9.17, 15) is 9.59 Å². The van der Waals surface area contributed by atoms with Crippen LogP contribution in [0.25, 0.3) is 0 Å². The minimum absolute atomic E-state index is 0.0605. The fraction of sp³-hybridized carbons (Fsp3) is 0.467. The second kappa shape index (κ2) is 8.87. The van der Waals surface area contributed by atoms with Gasteiger partial charge in [0.15, 0.2) is 0 Å². The SMILES string of the molecule is O=C(CC1COCCN1)NCCC(=O)Nc1ccc(Br)cc1. The molecule has 1 aliphatic rings. The first-order valence-electron chi connectivity index (χ1n) is 7.27. The summed E-state index contributed by atoms with van der Waals surface area (Å²) >= 11 is 3.34. The molecular weight excluding hydrogens is 350 g/mol. The van der Waals surface area contributed by atoms with Crippen LogP contribution in [-0.2, 0) is 14.3 Å². The van der Waals surface area contributed by atoms with Crippen LogP contribution in [0.5, 0.6) is 0 Å². The van der Waals surface area contributed by atoms with Crippen LogP contribution in [0.15, 0.2) is 28.7 Å². The van der Waals surface area contributed by atoms with Crippen molar-refractivity contribution < 1.29 is 14.3 Å². The Morgan fingerprint density at radius 3 is 2.73 bits per heavy atom. The van der Waals surface area contributed by atoms with Crippen LogP contribution in [-0.4, -0.2) is 44.2 Å². The van der Waals surface area contributed by atoms with E-state index < -0.39 is 0 Å². The smallest absolute Gasteiger partial charge is 0.226 e. The maximum absolute atomic E-state index is 11.8. The number of hydrogen-bond donors (Lipinski definition) is 3. The zero-order valence-electron chi connectivity index (χ0n) is 12.2. The summed E-state index contributed by atoms with van der Waals surface area (Å²) in [6, 6.07) is 7.41. The third-order valence-corrected chi connectivity index (χ3v) is 3.76. The molecule has 2 rings (SSSR count). The van der Waals surface area contributed by atoms with Gasteiger partial charge in [0.1, 0.15) is 0 Å². The zero-order valence-corrected chi connectivity index (χ0v) is 13.8. The number of carbonyl (C=O) groups excluding carboxylic acids is 2. The zero-order chi connectivity index (χ0) is 15.8. The van der Waals surface area contributed by atoms with Crippen molar-refractivity contribution in [2.24, 2.45) is 0 Å². The number of anilines is 1. The van der Waals surface area contributed by atoms with Crippen molar-refractivity contribution in [3.8, 4) is 0 Å². The van der Waals surface area contributed by atoms with Crippen molar-refractivity contribution in [2.75, 3.05) is 31.6 Å². The quantitative estimate of drug-likeness (QED) is 0.705. The summed E-state index contributed by atoms with van der Waals surface area (Å²) in [7, 11) is 0. The topological polar surface area (TPSA) is 79.5 Å². The van der Waals surface area contributed by atoms with Gasteiger partial charge in [0.05, 0.1) is 13.2 Å². The number of amides is 2. The molecule has 1 fully saturated rings. The second-order valence-electron chi connectivity index (χ2n) is 5.09. The number of nitrogens with one attached hydrogen (secondary N) is 3. The minimum atomic E-state index is -0.123. The van der Waals surface area contributed by atoms with E-state index in [1.807, 2.05) is 24.3 Å². The van der Waals surface area contributed by atoms with Gasteiger partial charge < -0.3 is 20.7 Å². The number of benzene rings is 1. The molecule has 1 aromatic rings. The molecule has 0 saturated carbocycles. The van der Waals surface area contributed by atoms with Crippen molar-refractivity contribution >= 4 is 33.4 Å². The molecular formula is C15H20BrN3O3. The second-order valence-corrected chi connectivity index (χ2v) is 6.00. The van der Waals surface area contributed by atoms with Crippen molar-refractivity contribution in [3.63, 3.8) is 0 Å². The van der Waals surface area contributed by atoms with Crippen LogP contribution >= 0.6 is 15.9 Å². The van der Waals surface area contributed by atoms with Crippen LogP contribution in [0, 0.1) is 0 Å². The molecule has 3 N–H and O–H groups in total. The number of rotatable bonds is 6. The fourth-order valence-electron chi connectivity index (χ4n) is 2.12. The van der Waals surface area contributed by atoms with Gasteiger partial charge in [-0.2, -0.15) is 0 Å². The Kier molecular flexibility index (Phi) is 6.82. The molecule has 0 aliphatic carbocycles. The van der Waals surface area contributed by atoms with E-state index in [0.29, 0.717) is 26.2 Å². The van der Waals surface area contributed by atoms with Crippen LogP contribution in [0.1, 0.15) is 12.8 Å². The highest BCUT2D eigenvalue weighted by molar-refractivity contribution is 9.10. The summed E-state index contributed by atoms with van der Waals surface area (Å²) in [6.07, 6.45) is 0.616. The molecule has 1 aromatic carbocycles. The van der Waals surface area contributed by atoms with Crippen molar-refractivity contribution in [2.45, 2.75) is 18.9 Å². The maximum Gasteiger partial charge on any atom is 0.226 e. The Morgan fingerprint density at radius 2 is 2.05 bits per heavy atom. The number of ether oxygens (including phenoxy) is 1. The summed E-state index contributed by atoms with van der Waals surface area (Å²) in [5, 5.41) is 8.75. The molecule has 0 spiro atoms. The molecule has 6 nitrogen and oxygen atoms in total. The Morgan fingerprint density at radius 1 is 1.27 bits per heavy atom. The summed E-state index contributed by atoms with van der Waals surface area (Å²) < 4.78 is 6.25. The number of morpholine rings is 1. The van der Waals surface area contributed by atoms with Gasteiger partial charge in [0, 0.05) is 42.1 Å². The lowest BCUT2D eigenvalue weighted by molar-refractivity contribution is -0.122. The summed E-state index contributed by atoms with van der Waals surface area (Å²) in [5.74, 6) is -0.193. The summed E-state index contributed by atoms with van der Waals surface area (Å²) in [5.41, 5.74) is 0.739. The highest BCUT2D eigenvalue weighted by atomic mass is 79.9. The van der Waals surface area contributed by atoms with Gasteiger partial charge in [-0.05, 0) is 24.3 Å². The van der Waals surface area contributed by atoms with Gasteiger partial charge in [-0.3, -0.25) is 9.59 Å². The molecule has 1 unspecified atom stereocenters. The van der Waals surface area contributed by atoms with Crippen molar-refractivity contribution in [3.05, 3.63) is 28.7 Å². The summed E-state index contributed by atoms with van der Waals surface area (Å²) in [4.78, 5) is 23.5. The standard InChI is InChI=1S/C15H20BrN3O3/c16-11-1-3-12(4-2-11)19-14(20)5-6-18-15(21)9-13-10-22-8-7-17-13/h1-4,13,17H,5-10H2,(H,18,21)(H,19,20). The lowest BCUT2D eigenvalue weighted by Gasteiger charge is -2.23. The Bertz CT molecular complexity index is 501. The first-order valence-corrected chi connectivity index (χ1v) is 8.06. The van der Waals surface area contributed by atoms with Crippen molar-refractivity contribution in [1.82, 2.24) is 10.6 Å². The lowest BCUT2D eigenvalue weighted by atomic mass is 10.2. The summed E-state index contributed by atoms with van der Waals surface area (Å²) in [6.45, 7) is 2.34. The molecule has 120 valence electrons. The van der Waals surface area contributed by atoms with Gasteiger partial charge in [0.25, 0.3) is 0 Å². The third-order valence-electron chi connectivity index (χ3n) is 3.23. The highest BCUT2D eigenvalue weighted by Crippen LogP contribution is 2.14. The van der Waals surface area contributed by atoms with Gasteiger partial charge in [-0.25, -0.2) is 0 Å².